The molecule has 0 amide bonds. The molecule has 3 aliphatic rings. The van der Waals surface area contributed by atoms with Crippen LogP contribution in [0.25, 0.3) is 33.4 Å². The summed E-state index contributed by atoms with van der Waals surface area (Å²) >= 11 is 19.1. The predicted molar refractivity (Wildman–Crippen MR) is 446 cm³/mol. The second-order valence-corrected chi connectivity index (χ2v) is 27.5. The average molecular weight is 1600 g/mol. The topological polar surface area (TPSA) is 298 Å². The van der Waals surface area contributed by atoms with Crippen LogP contribution in [-0.4, -0.2) is 148 Å². The van der Waals surface area contributed by atoms with Gasteiger partial charge in [0.2, 0.25) is 17.8 Å². The second kappa shape index (κ2) is 38.0. The number of rotatable bonds is 21. The Labute approximate surface area is 669 Å². The summed E-state index contributed by atoms with van der Waals surface area (Å²) in [5.74, 6) is 0.427. The van der Waals surface area contributed by atoms with Gasteiger partial charge in [0.1, 0.15) is 17.2 Å². The van der Waals surface area contributed by atoms with E-state index in [0.717, 1.165) is 108 Å². The Morgan fingerprint density at radius 1 is 0.395 bits per heavy atom. The van der Waals surface area contributed by atoms with Gasteiger partial charge in [0, 0.05) is 88.3 Å². The van der Waals surface area contributed by atoms with Gasteiger partial charge in [-0.1, -0.05) is 89.4 Å². The van der Waals surface area contributed by atoms with E-state index in [4.69, 9.17) is 49.0 Å². The van der Waals surface area contributed by atoms with Crippen LogP contribution < -0.4 is 46.9 Å². The van der Waals surface area contributed by atoms with Crippen molar-refractivity contribution in [2.24, 2.45) is 15.3 Å². The van der Waals surface area contributed by atoms with E-state index in [9.17, 15) is 28.5 Å². The van der Waals surface area contributed by atoms with Gasteiger partial charge in [0.15, 0.2) is 34.9 Å². The third-order valence-electron chi connectivity index (χ3n) is 18.0. The molecule has 15 rings (SSSR count). The van der Waals surface area contributed by atoms with Crippen LogP contribution in [0.1, 0.15) is 33.6 Å². The number of phenols is 3. The molecule has 9 N–H and O–H groups in total. The lowest BCUT2D eigenvalue weighted by Crippen LogP contribution is -2.37. The Bertz CT molecular complexity index is 5490. The maximum absolute atomic E-state index is 14.2. The Morgan fingerprint density at radius 2 is 0.798 bits per heavy atom. The molecule has 0 bridgehead atoms. The number of pyridine rings is 1. The third-order valence-corrected chi connectivity index (χ3v) is 18.6. The molecule has 3 fully saturated rings. The van der Waals surface area contributed by atoms with Gasteiger partial charge < -0.3 is 60.2 Å². The predicted octanol–water partition coefficient (Wildman–Crippen LogP) is 17.3. The SMILES string of the molecule is Cc1cc(Nc2cc(Cl)cc(-c3cccc(O)c3)c2)ccc1/C=N/Nc1ncc(F)c(N2CCOCC2)n1.Cc1cc(Nc2cc(Cl)cc(-c3ccccc3O)c2)ccc1/C=N/Nc1ncc(F)c(N2CCOCC2)n1.Cc1nc(/C=N/Nc2ncc(F)c(N3CCOCC3)n2)ccc1Nc1cc(Cl)cc(-c2cccc(O)c2)c1. The first-order valence-corrected chi connectivity index (χ1v) is 37.2. The van der Waals surface area contributed by atoms with Gasteiger partial charge in [-0.15, -0.1) is 0 Å². The maximum Gasteiger partial charge on any atom is 0.245 e. The van der Waals surface area contributed by atoms with Crippen molar-refractivity contribution >= 4 is 123 Å². The van der Waals surface area contributed by atoms with E-state index in [-0.39, 0.29) is 52.5 Å². The van der Waals surface area contributed by atoms with Crippen molar-refractivity contribution in [2.75, 3.05) is 126 Å². The van der Waals surface area contributed by atoms with Gasteiger partial charge in [0.25, 0.3) is 0 Å². The van der Waals surface area contributed by atoms with E-state index in [1.54, 1.807) is 61.0 Å². The van der Waals surface area contributed by atoms with Crippen molar-refractivity contribution < 1.29 is 42.7 Å². The normalized spacial score (nSPS) is 13.6. The van der Waals surface area contributed by atoms with Crippen LogP contribution in [0.4, 0.5) is 82.6 Å². The quantitative estimate of drug-likeness (QED) is 0.0239. The highest BCUT2D eigenvalue weighted by Crippen LogP contribution is 2.37. The molecule has 0 atom stereocenters. The molecular weight excluding hydrogens is 1520 g/mol. The van der Waals surface area contributed by atoms with E-state index in [2.05, 4.69) is 82.4 Å². The summed E-state index contributed by atoms with van der Waals surface area (Å²) in [6, 6.07) is 53.5. The van der Waals surface area contributed by atoms with Gasteiger partial charge in [-0.2, -0.15) is 30.3 Å². The Hall–Kier alpha value is -12.7. The summed E-state index contributed by atoms with van der Waals surface area (Å²) < 4.78 is 58.7. The molecule has 114 heavy (non-hydrogen) atoms. The molecule has 7 heterocycles. The molecule has 3 aliphatic heterocycles. The first-order chi connectivity index (χ1) is 55.3. The zero-order valence-corrected chi connectivity index (χ0v) is 64.1. The lowest BCUT2D eigenvalue weighted by atomic mass is 10.0. The number of hydrogen-bond donors (Lipinski definition) is 9. The van der Waals surface area contributed by atoms with Crippen LogP contribution in [0.2, 0.25) is 15.1 Å². The lowest BCUT2D eigenvalue weighted by molar-refractivity contribution is 0.122. The molecule has 25 nitrogen and oxygen atoms in total. The van der Waals surface area contributed by atoms with Crippen LogP contribution in [0.3, 0.4) is 0 Å². The highest BCUT2D eigenvalue weighted by Gasteiger charge is 2.22. The number of hydrazone groups is 3. The molecule has 0 unspecified atom stereocenters. The van der Waals surface area contributed by atoms with Crippen LogP contribution in [0.5, 0.6) is 17.2 Å². The van der Waals surface area contributed by atoms with Gasteiger partial charge in [-0.25, -0.2) is 49.4 Å². The Kier molecular flexibility index (Phi) is 26.5. The number of aromatic hydroxyl groups is 3. The van der Waals surface area contributed by atoms with Crippen molar-refractivity contribution in [1.82, 2.24) is 34.9 Å². The van der Waals surface area contributed by atoms with Crippen molar-refractivity contribution in [1.29, 1.82) is 0 Å². The summed E-state index contributed by atoms with van der Waals surface area (Å²) in [7, 11) is 0. The van der Waals surface area contributed by atoms with Crippen molar-refractivity contribution in [3.05, 3.63) is 261 Å². The summed E-state index contributed by atoms with van der Waals surface area (Å²) in [4.78, 5) is 34.8. The fraction of sp³-hybridized carbons (Fsp3) is 0.181. The highest BCUT2D eigenvalue weighted by atomic mass is 35.5. The minimum absolute atomic E-state index is 0.183. The number of aryl methyl sites for hydroxylation is 3. The van der Waals surface area contributed by atoms with Gasteiger partial charge >= 0.3 is 0 Å². The number of anilines is 12. The fourth-order valence-corrected chi connectivity index (χ4v) is 13.0. The fourth-order valence-electron chi connectivity index (χ4n) is 12.3. The number of ether oxygens (including phenoxy) is 3. The maximum atomic E-state index is 14.2. The Morgan fingerprint density at radius 3 is 1.21 bits per heavy atom. The van der Waals surface area contributed by atoms with Crippen LogP contribution in [0.15, 0.2) is 210 Å². The summed E-state index contributed by atoms with van der Waals surface area (Å²) in [6.45, 7) is 12.4. The monoisotopic (exact) mass is 1600 g/mol. The first-order valence-electron chi connectivity index (χ1n) is 36.1. The van der Waals surface area contributed by atoms with E-state index >= 15 is 0 Å². The molecule has 582 valence electrons. The number of aromatic nitrogens is 7. The average Bonchev–Trinajstić information content (AvgIpc) is 0.856. The number of halogens is 6. The van der Waals surface area contributed by atoms with Crippen molar-refractivity contribution in [3.63, 3.8) is 0 Å². The number of para-hydroxylation sites is 1. The number of benzene rings is 8. The number of phenolic OH excluding ortho intramolecular Hbond substituents is 3. The third kappa shape index (κ3) is 21.7. The summed E-state index contributed by atoms with van der Waals surface area (Å²) in [5, 5.41) is 54.3. The van der Waals surface area contributed by atoms with Crippen LogP contribution in [-0.2, 0) is 14.2 Å². The number of nitrogens with one attached hydrogen (secondary N) is 6. The molecule has 0 saturated carbocycles. The van der Waals surface area contributed by atoms with E-state index in [1.807, 2.05) is 163 Å². The summed E-state index contributed by atoms with van der Waals surface area (Å²) in [6.07, 6.45) is 8.28. The molecule has 0 radical (unpaired) electrons. The first kappa shape index (κ1) is 79.4. The lowest BCUT2D eigenvalue weighted by Gasteiger charge is -2.27. The largest absolute Gasteiger partial charge is 0.508 e. The van der Waals surface area contributed by atoms with Crippen molar-refractivity contribution in [3.8, 4) is 50.6 Å². The number of hydrogen-bond acceptors (Lipinski definition) is 25. The second-order valence-electron chi connectivity index (χ2n) is 26.2. The van der Waals surface area contributed by atoms with Crippen LogP contribution >= 0.6 is 34.8 Å². The van der Waals surface area contributed by atoms with E-state index < -0.39 is 17.5 Å². The molecule has 0 spiro atoms. The molecule has 12 aromatic rings. The minimum Gasteiger partial charge on any atom is -0.508 e. The molecule has 4 aromatic heterocycles. The molecular formula is C83H77Cl3F3N19O6. The zero-order chi connectivity index (χ0) is 79.5. The van der Waals surface area contributed by atoms with E-state index in [0.29, 0.717) is 105 Å². The van der Waals surface area contributed by atoms with Gasteiger partial charge in [-0.3, -0.25) is 0 Å². The van der Waals surface area contributed by atoms with Gasteiger partial charge in [0.05, 0.1) is 94.0 Å². The molecule has 8 aromatic carbocycles. The molecule has 3 saturated heterocycles. The molecule has 0 aliphatic carbocycles. The Balaban J connectivity index is 0.000000149. The number of morpholine rings is 3. The van der Waals surface area contributed by atoms with Gasteiger partial charge in [-0.05, 0) is 192 Å². The highest BCUT2D eigenvalue weighted by molar-refractivity contribution is 6.32. The number of nitrogens with zero attached hydrogens (tertiary/aromatic N) is 13. The van der Waals surface area contributed by atoms with Crippen LogP contribution in [0, 0.1) is 38.2 Å². The zero-order valence-electron chi connectivity index (χ0n) is 61.8. The smallest absolute Gasteiger partial charge is 0.245 e. The minimum atomic E-state index is -0.490. The van der Waals surface area contributed by atoms with E-state index in [1.165, 1.54) is 6.21 Å². The molecule has 31 heteroatoms. The van der Waals surface area contributed by atoms with Crippen molar-refractivity contribution in [2.45, 2.75) is 20.8 Å². The standard InChI is InChI=1S/2C28H26ClFN6O2.C27H25ClFN7O2/c1-18-11-23(33-24-13-21(12-22(29)15-24)19-3-2-4-25(37)14-19)6-5-20(18)16-32-35-28-31-17-26(30)27(34-28)36-7-9-38-10-8-36;1-18-12-22(33-23-14-20(13-21(29)15-23)24-4-2-3-5-26(24)37)7-6-19(18)16-32-35-28-31-17-25(30)27(34-28)36-8-10-38-11-9-36;1-17-25(33-22-12-19(11-20(28)14-22)18-3-2-4-23(37)13-18)6-5-21(32-17)15-31-35-27-30-16-24(29)26(34-27)36-7-9-38-10-8-36/h2-6,11-17,33,37H,7-10H2,1H3,(H,31,34,35);2-7,12-17,33,37H,8-11H2,1H3,(H,31,34,35);2-6,11-16,33,37H,7-10H2,1H3,(H,30,34,35)/b2*32-16+;31-15+. The summed E-state index contributed by atoms with van der Waals surface area (Å²) in [5.41, 5.74) is 23.4.